The van der Waals surface area contributed by atoms with Crippen molar-refractivity contribution in [2.45, 2.75) is 37.0 Å². The fraction of sp³-hybridized carbons (Fsp3) is 0.550. The normalized spacial score (nSPS) is 21.1. The monoisotopic (exact) mass is 380 g/mol. The molecule has 2 amide bonds. The number of likely N-dealkylation sites (N-methyl/N-ethyl adjacent to an activating group) is 1. The first-order valence-electron chi connectivity index (χ1n) is 9.89. The van der Waals surface area contributed by atoms with Gasteiger partial charge >= 0.3 is 0 Å². The number of carbonyl (C=O) groups excluding carboxylic acids is 2. The zero-order valence-corrected chi connectivity index (χ0v) is 16.3. The van der Waals surface area contributed by atoms with Crippen LogP contribution in [0.3, 0.4) is 0 Å². The number of likely N-dealkylation sites (tertiary alicyclic amines) is 1. The highest BCUT2D eigenvalue weighted by atomic mass is 16.2. The molecule has 28 heavy (non-hydrogen) atoms. The maximum atomic E-state index is 12.8. The first-order chi connectivity index (χ1) is 13.5. The van der Waals surface area contributed by atoms with Crippen LogP contribution < -0.4 is 0 Å². The molecule has 0 atom stereocenters. The van der Waals surface area contributed by atoms with E-state index in [1.165, 1.54) is 0 Å². The van der Waals surface area contributed by atoms with Crippen molar-refractivity contribution in [1.82, 2.24) is 29.5 Å². The molecule has 2 aliphatic heterocycles. The number of aromatic nitrogens is 4. The molecular formula is C20H24N6O2. The van der Waals surface area contributed by atoms with Crippen molar-refractivity contribution in [3.63, 3.8) is 0 Å². The Morgan fingerprint density at radius 3 is 2.61 bits per heavy atom. The van der Waals surface area contributed by atoms with Gasteiger partial charge in [0.25, 0.3) is 11.8 Å². The van der Waals surface area contributed by atoms with Crippen LogP contribution in [-0.4, -0.2) is 68.0 Å². The van der Waals surface area contributed by atoms with E-state index in [2.05, 4.69) is 10.1 Å². The van der Waals surface area contributed by atoms with Crippen molar-refractivity contribution in [3.05, 3.63) is 41.2 Å². The number of hydrogen-bond acceptors (Lipinski definition) is 5. The molecule has 2 aromatic heterocycles. The molecule has 8 nitrogen and oxygen atoms in total. The summed E-state index contributed by atoms with van der Waals surface area (Å²) >= 11 is 0. The minimum absolute atomic E-state index is 0.00337. The van der Waals surface area contributed by atoms with Gasteiger partial charge in [-0.3, -0.25) is 14.3 Å². The van der Waals surface area contributed by atoms with Crippen LogP contribution in [0.15, 0.2) is 18.5 Å². The molecule has 0 radical (unpaired) electrons. The summed E-state index contributed by atoms with van der Waals surface area (Å²) in [6.07, 6.45) is 7.22. The van der Waals surface area contributed by atoms with Crippen LogP contribution in [0.4, 0.5) is 0 Å². The second-order valence-corrected chi connectivity index (χ2v) is 8.34. The van der Waals surface area contributed by atoms with Crippen molar-refractivity contribution >= 4 is 11.8 Å². The van der Waals surface area contributed by atoms with E-state index in [0.29, 0.717) is 36.8 Å². The lowest BCUT2D eigenvalue weighted by atomic mass is 9.71. The number of amides is 2. The largest absolute Gasteiger partial charge is 0.341 e. The van der Waals surface area contributed by atoms with Gasteiger partial charge in [0.05, 0.1) is 11.3 Å². The predicted octanol–water partition coefficient (Wildman–Crippen LogP) is 1.35. The van der Waals surface area contributed by atoms with E-state index in [-0.39, 0.29) is 17.2 Å². The zero-order valence-electron chi connectivity index (χ0n) is 16.3. The zero-order chi connectivity index (χ0) is 19.5. The van der Waals surface area contributed by atoms with Gasteiger partial charge in [-0.2, -0.15) is 5.10 Å². The van der Waals surface area contributed by atoms with E-state index in [1.54, 1.807) is 35.1 Å². The summed E-state index contributed by atoms with van der Waals surface area (Å²) in [6.45, 7) is 1.94. The molecule has 2 fully saturated rings. The van der Waals surface area contributed by atoms with Gasteiger partial charge in [0.2, 0.25) is 0 Å². The van der Waals surface area contributed by atoms with E-state index in [0.717, 1.165) is 37.2 Å². The minimum Gasteiger partial charge on any atom is -0.341 e. The van der Waals surface area contributed by atoms with Gasteiger partial charge in [-0.15, -0.1) is 0 Å². The molecule has 0 unspecified atom stereocenters. The van der Waals surface area contributed by atoms with Crippen LogP contribution in [0.2, 0.25) is 0 Å². The average Bonchev–Trinajstić information content (AvgIpc) is 3.47. The molecule has 4 heterocycles. The molecule has 0 N–H and O–H groups in total. The summed E-state index contributed by atoms with van der Waals surface area (Å²) < 4.78 is 1.62. The average molecular weight is 380 g/mol. The van der Waals surface area contributed by atoms with E-state index in [1.807, 2.05) is 11.9 Å². The SMILES string of the molecule is CN1CC2(CCN(C(=O)c3ccnn3C)CC2)c2nc(C3CC3)ncc2C1=O. The van der Waals surface area contributed by atoms with E-state index in [4.69, 9.17) is 4.98 Å². The number of piperidine rings is 1. The van der Waals surface area contributed by atoms with Gasteiger partial charge in [0, 0.05) is 57.5 Å². The van der Waals surface area contributed by atoms with E-state index >= 15 is 0 Å². The summed E-state index contributed by atoms with van der Waals surface area (Å²) in [5.74, 6) is 1.33. The Morgan fingerprint density at radius 2 is 1.96 bits per heavy atom. The molecule has 1 spiro atoms. The molecule has 1 aliphatic carbocycles. The standard InChI is InChI=1S/C20H24N6O2/c1-24-12-20(16-14(18(24)27)11-21-17(23-16)13-3-4-13)6-9-26(10-7-20)19(28)15-5-8-22-25(15)2/h5,8,11,13H,3-4,6-7,9-10,12H2,1-2H3. The second-order valence-electron chi connectivity index (χ2n) is 8.34. The summed E-state index contributed by atoms with van der Waals surface area (Å²) in [5, 5.41) is 4.10. The van der Waals surface area contributed by atoms with Crippen molar-refractivity contribution in [3.8, 4) is 0 Å². The molecule has 146 valence electrons. The Balaban J connectivity index is 1.44. The van der Waals surface area contributed by atoms with Gasteiger partial charge in [0.1, 0.15) is 11.5 Å². The summed E-state index contributed by atoms with van der Waals surface area (Å²) in [4.78, 5) is 38.6. The summed E-state index contributed by atoms with van der Waals surface area (Å²) in [7, 11) is 3.63. The highest BCUT2D eigenvalue weighted by molar-refractivity contribution is 5.96. The van der Waals surface area contributed by atoms with E-state index < -0.39 is 0 Å². The van der Waals surface area contributed by atoms with Crippen molar-refractivity contribution in [2.24, 2.45) is 7.05 Å². The van der Waals surface area contributed by atoms with Gasteiger partial charge in [0.15, 0.2) is 0 Å². The third kappa shape index (κ3) is 2.62. The topological polar surface area (TPSA) is 84.2 Å². The highest BCUT2D eigenvalue weighted by Gasteiger charge is 2.47. The van der Waals surface area contributed by atoms with Gasteiger partial charge < -0.3 is 9.80 Å². The summed E-state index contributed by atoms with van der Waals surface area (Å²) in [5.41, 5.74) is 1.93. The van der Waals surface area contributed by atoms with Crippen molar-refractivity contribution < 1.29 is 9.59 Å². The molecule has 5 rings (SSSR count). The van der Waals surface area contributed by atoms with Crippen LogP contribution in [0, 0.1) is 0 Å². The Bertz CT molecular complexity index is 955. The van der Waals surface area contributed by atoms with Crippen LogP contribution in [0.1, 0.15) is 64.0 Å². The Labute approximate surface area is 163 Å². The molecule has 1 saturated heterocycles. The van der Waals surface area contributed by atoms with E-state index in [9.17, 15) is 9.59 Å². The van der Waals surface area contributed by atoms with Gasteiger partial charge in [-0.1, -0.05) is 0 Å². The fourth-order valence-electron chi connectivity index (χ4n) is 4.58. The minimum atomic E-state index is -0.201. The van der Waals surface area contributed by atoms with Crippen LogP contribution in [0.25, 0.3) is 0 Å². The van der Waals surface area contributed by atoms with Gasteiger partial charge in [-0.25, -0.2) is 9.97 Å². The maximum Gasteiger partial charge on any atom is 0.272 e. The smallest absolute Gasteiger partial charge is 0.272 e. The Hall–Kier alpha value is -2.77. The Morgan fingerprint density at radius 1 is 1.21 bits per heavy atom. The maximum absolute atomic E-state index is 12.8. The number of aryl methyl sites for hydroxylation is 1. The van der Waals surface area contributed by atoms with Gasteiger partial charge in [-0.05, 0) is 31.7 Å². The lowest BCUT2D eigenvalue weighted by molar-refractivity contribution is 0.0534. The molecule has 1 saturated carbocycles. The Kier molecular flexibility index (Phi) is 3.79. The first-order valence-corrected chi connectivity index (χ1v) is 9.89. The quantitative estimate of drug-likeness (QED) is 0.785. The first kappa shape index (κ1) is 17.3. The number of fused-ring (bicyclic) bond motifs is 2. The molecule has 0 bridgehead atoms. The third-order valence-electron chi connectivity index (χ3n) is 6.42. The fourth-order valence-corrected chi connectivity index (χ4v) is 4.58. The number of carbonyl (C=O) groups is 2. The lowest BCUT2D eigenvalue weighted by Gasteiger charge is -2.46. The van der Waals surface area contributed by atoms with Crippen molar-refractivity contribution in [1.29, 1.82) is 0 Å². The molecular weight excluding hydrogens is 356 g/mol. The highest BCUT2D eigenvalue weighted by Crippen LogP contribution is 2.43. The molecule has 3 aliphatic rings. The third-order valence-corrected chi connectivity index (χ3v) is 6.42. The second kappa shape index (κ2) is 6.12. The van der Waals surface area contributed by atoms with Crippen molar-refractivity contribution in [2.75, 3.05) is 26.7 Å². The molecule has 0 aromatic carbocycles. The lowest BCUT2D eigenvalue weighted by Crippen LogP contribution is -2.54. The van der Waals surface area contributed by atoms with Crippen LogP contribution in [-0.2, 0) is 12.5 Å². The number of hydrogen-bond donors (Lipinski definition) is 0. The van der Waals surface area contributed by atoms with Crippen LogP contribution in [0.5, 0.6) is 0 Å². The number of nitrogens with zero attached hydrogens (tertiary/aromatic N) is 6. The summed E-state index contributed by atoms with van der Waals surface area (Å²) in [6, 6.07) is 1.75. The van der Waals surface area contributed by atoms with Crippen LogP contribution >= 0.6 is 0 Å². The number of rotatable bonds is 2. The molecule has 8 heteroatoms. The molecule has 2 aromatic rings. The predicted molar refractivity (Wildman–Crippen MR) is 101 cm³/mol.